The van der Waals surface area contributed by atoms with Gasteiger partial charge in [-0.15, -0.1) is 11.8 Å². The van der Waals surface area contributed by atoms with E-state index < -0.39 is 0 Å². The molecule has 3 N–H and O–H groups in total. The fourth-order valence-corrected chi connectivity index (χ4v) is 4.12. The molecule has 104 valence electrons. The van der Waals surface area contributed by atoms with Crippen LogP contribution in [0, 0.1) is 0 Å². The number of fused-ring (bicyclic) bond motifs is 1. The second-order valence-electron chi connectivity index (χ2n) is 5.07. The van der Waals surface area contributed by atoms with Crippen LogP contribution >= 0.6 is 23.4 Å². The molecule has 0 aromatic heterocycles. The molecule has 2 aromatic rings. The lowest BCUT2D eigenvalue weighted by atomic mass is 9.99. The van der Waals surface area contributed by atoms with E-state index in [-0.39, 0.29) is 6.04 Å². The van der Waals surface area contributed by atoms with Gasteiger partial charge in [0.15, 0.2) is 0 Å². The molecule has 4 heteroatoms. The molecule has 2 aromatic carbocycles. The fourth-order valence-electron chi connectivity index (χ4n) is 2.61. The third kappa shape index (κ3) is 3.01. The highest BCUT2D eigenvalue weighted by atomic mass is 35.5. The van der Waals surface area contributed by atoms with Crippen molar-refractivity contribution < 1.29 is 0 Å². The molecule has 0 spiro atoms. The van der Waals surface area contributed by atoms with Crippen molar-refractivity contribution >= 4 is 23.4 Å². The molecule has 3 rings (SSSR count). The van der Waals surface area contributed by atoms with Gasteiger partial charge in [0.25, 0.3) is 0 Å². The minimum absolute atomic E-state index is 0.258. The summed E-state index contributed by atoms with van der Waals surface area (Å²) in [6.07, 6.45) is 1.99. The van der Waals surface area contributed by atoms with Crippen LogP contribution < -0.4 is 11.3 Å². The van der Waals surface area contributed by atoms with Crippen molar-refractivity contribution in [2.45, 2.75) is 29.0 Å². The topological polar surface area (TPSA) is 38.0 Å². The highest BCUT2D eigenvalue weighted by Gasteiger charge is 2.28. The average Bonchev–Trinajstić information content (AvgIpc) is 2.90. The van der Waals surface area contributed by atoms with Crippen LogP contribution in [-0.2, 0) is 12.8 Å². The predicted octanol–water partition coefficient (Wildman–Crippen LogP) is 3.43. The number of hydrogen-bond donors (Lipinski definition) is 2. The van der Waals surface area contributed by atoms with E-state index in [1.807, 2.05) is 23.9 Å². The van der Waals surface area contributed by atoms with Crippen molar-refractivity contribution in [3.8, 4) is 0 Å². The number of nitrogens with one attached hydrogen (secondary N) is 1. The molecule has 0 bridgehead atoms. The quantitative estimate of drug-likeness (QED) is 0.671. The van der Waals surface area contributed by atoms with Gasteiger partial charge in [0.2, 0.25) is 0 Å². The Balaban J connectivity index is 1.71. The van der Waals surface area contributed by atoms with Crippen molar-refractivity contribution in [2.75, 3.05) is 0 Å². The first-order chi connectivity index (χ1) is 9.76. The summed E-state index contributed by atoms with van der Waals surface area (Å²) in [4.78, 5) is 1.38. The summed E-state index contributed by atoms with van der Waals surface area (Å²) in [6.45, 7) is 0. The standard InChI is InChI=1S/C16H17ClN2S/c17-13-7-5-11(6-8-13)9-14(19-18)16-10-12-3-1-2-4-15(12)20-16/h1-8,14,16,19H,9-10,18H2. The van der Waals surface area contributed by atoms with E-state index in [9.17, 15) is 0 Å². The molecule has 1 aliphatic heterocycles. The molecule has 1 heterocycles. The van der Waals surface area contributed by atoms with Crippen LogP contribution in [0.15, 0.2) is 53.4 Å². The van der Waals surface area contributed by atoms with Crippen molar-refractivity contribution in [3.63, 3.8) is 0 Å². The number of benzene rings is 2. The van der Waals surface area contributed by atoms with Crippen LogP contribution in [0.25, 0.3) is 0 Å². The number of halogens is 1. The Kier molecular flexibility index (Phi) is 4.32. The smallest absolute Gasteiger partial charge is 0.0406 e. The van der Waals surface area contributed by atoms with Gasteiger partial charge >= 0.3 is 0 Å². The Bertz CT molecular complexity index is 560. The Morgan fingerprint density at radius 3 is 2.65 bits per heavy atom. The Hall–Kier alpha value is -1.00. The van der Waals surface area contributed by atoms with E-state index in [1.165, 1.54) is 16.0 Å². The van der Waals surface area contributed by atoms with Gasteiger partial charge in [-0.2, -0.15) is 0 Å². The number of nitrogens with two attached hydrogens (primary N) is 1. The second kappa shape index (κ2) is 6.19. The molecular weight excluding hydrogens is 288 g/mol. The summed E-state index contributed by atoms with van der Waals surface area (Å²) in [7, 11) is 0. The number of thioether (sulfide) groups is 1. The van der Waals surface area contributed by atoms with Gasteiger partial charge in [0, 0.05) is 21.2 Å². The summed E-state index contributed by atoms with van der Waals surface area (Å²) in [5.41, 5.74) is 5.68. The van der Waals surface area contributed by atoms with Crippen LogP contribution in [0.2, 0.25) is 5.02 Å². The maximum Gasteiger partial charge on any atom is 0.0406 e. The highest BCUT2D eigenvalue weighted by Crippen LogP contribution is 2.38. The van der Waals surface area contributed by atoms with Crippen LogP contribution in [-0.4, -0.2) is 11.3 Å². The predicted molar refractivity (Wildman–Crippen MR) is 86.1 cm³/mol. The van der Waals surface area contributed by atoms with Crippen molar-refractivity contribution in [3.05, 3.63) is 64.7 Å². The van der Waals surface area contributed by atoms with Crippen LogP contribution in [0.3, 0.4) is 0 Å². The molecular formula is C16H17ClN2S. The van der Waals surface area contributed by atoms with Crippen LogP contribution in [0.1, 0.15) is 11.1 Å². The van der Waals surface area contributed by atoms with E-state index in [0.717, 1.165) is 17.9 Å². The van der Waals surface area contributed by atoms with Crippen molar-refractivity contribution in [2.24, 2.45) is 5.84 Å². The molecule has 0 radical (unpaired) electrons. The van der Waals surface area contributed by atoms with Crippen molar-refractivity contribution in [1.82, 2.24) is 5.43 Å². The van der Waals surface area contributed by atoms with Gasteiger partial charge in [-0.05, 0) is 42.2 Å². The SMILES string of the molecule is NNC(Cc1ccc(Cl)cc1)C1Cc2ccccc2S1. The summed E-state index contributed by atoms with van der Waals surface area (Å²) in [5.74, 6) is 5.78. The van der Waals surface area contributed by atoms with E-state index in [0.29, 0.717) is 5.25 Å². The summed E-state index contributed by atoms with van der Waals surface area (Å²) in [5, 5.41) is 1.25. The van der Waals surface area contributed by atoms with Gasteiger partial charge in [0.1, 0.15) is 0 Å². The Labute approximate surface area is 128 Å². The number of rotatable bonds is 4. The second-order valence-corrected chi connectivity index (χ2v) is 6.79. The van der Waals surface area contributed by atoms with E-state index >= 15 is 0 Å². The maximum atomic E-state index is 5.93. The Morgan fingerprint density at radius 1 is 1.20 bits per heavy atom. The van der Waals surface area contributed by atoms with E-state index in [2.05, 4.69) is 41.8 Å². The number of hydrazine groups is 1. The average molecular weight is 305 g/mol. The van der Waals surface area contributed by atoms with E-state index in [1.54, 1.807) is 0 Å². The molecule has 0 aliphatic carbocycles. The third-order valence-electron chi connectivity index (χ3n) is 3.70. The summed E-state index contributed by atoms with van der Waals surface area (Å²) in [6, 6.07) is 16.9. The number of hydrogen-bond acceptors (Lipinski definition) is 3. The van der Waals surface area contributed by atoms with Gasteiger partial charge in [-0.3, -0.25) is 11.3 Å². The fraction of sp³-hybridized carbons (Fsp3) is 0.250. The monoisotopic (exact) mass is 304 g/mol. The minimum Gasteiger partial charge on any atom is -0.271 e. The lowest BCUT2D eigenvalue weighted by Crippen LogP contribution is -2.44. The van der Waals surface area contributed by atoms with Gasteiger partial charge in [-0.1, -0.05) is 41.9 Å². The first-order valence-corrected chi connectivity index (χ1v) is 7.97. The maximum absolute atomic E-state index is 5.93. The zero-order valence-electron chi connectivity index (χ0n) is 11.1. The lowest BCUT2D eigenvalue weighted by molar-refractivity contribution is 0.506. The molecule has 2 nitrogen and oxygen atoms in total. The van der Waals surface area contributed by atoms with E-state index in [4.69, 9.17) is 17.4 Å². The zero-order valence-corrected chi connectivity index (χ0v) is 12.6. The normalized spacial score (nSPS) is 18.8. The lowest BCUT2D eigenvalue weighted by Gasteiger charge is -2.22. The van der Waals surface area contributed by atoms with Crippen LogP contribution in [0.5, 0.6) is 0 Å². The van der Waals surface area contributed by atoms with Gasteiger partial charge in [-0.25, -0.2) is 0 Å². The molecule has 2 atom stereocenters. The molecule has 0 saturated heterocycles. The molecule has 1 aliphatic rings. The Morgan fingerprint density at radius 2 is 1.95 bits per heavy atom. The summed E-state index contributed by atoms with van der Waals surface area (Å²) < 4.78 is 0. The highest BCUT2D eigenvalue weighted by molar-refractivity contribution is 8.00. The largest absolute Gasteiger partial charge is 0.271 e. The third-order valence-corrected chi connectivity index (χ3v) is 5.41. The molecule has 2 unspecified atom stereocenters. The molecule has 0 amide bonds. The minimum atomic E-state index is 0.258. The van der Waals surface area contributed by atoms with Crippen molar-refractivity contribution in [1.29, 1.82) is 0 Å². The summed E-state index contributed by atoms with van der Waals surface area (Å²) >= 11 is 7.85. The zero-order chi connectivity index (χ0) is 13.9. The van der Waals surface area contributed by atoms with Gasteiger partial charge < -0.3 is 0 Å². The van der Waals surface area contributed by atoms with Gasteiger partial charge in [0.05, 0.1) is 0 Å². The van der Waals surface area contributed by atoms with Crippen LogP contribution in [0.4, 0.5) is 0 Å². The molecule has 20 heavy (non-hydrogen) atoms. The molecule has 0 saturated carbocycles. The molecule has 0 fully saturated rings. The first-order valence-electron chi connectivity index (χ1n) is 6.71. The first kappa shape index (κ1) is 14.0.